The van der Waals surface area contributed by atoms with E-state index >= 15 is 0 Å². The molecule has 1 aromatic carbocycles. The van der Waals surface area contributed by atoms with Gasteiger partial charge in [0.2, 0.25) is 5.91 Å². The highest BCUT2D eigenvalue weighted by molar-refractivity contribution is 5.92. The maximum absolute atomic E-state index is 11.7. The highest BCUT2D eigenvalue weighted by Gasteiger charge is 2.03. The van der Waals surface area contributed by atoms with Gasteiger partial charge >= 0.3 is 6.03 Å². The number of hydrogen-bond acceptors (Lipinski definition) is 2. The van der Waals surface area contributed by atoms with Crippen LogP contribution in [0.1, 0.15) is 25.8 Å². The Kier molecular flexibility index (Phi) is 5.60. The Morgan fingerprint density at radius 1 is 1.37 bits per heavy atom. The molecule has 0 radical (unpaired) electrons. The molecule has 0 unspecified atom stereocenters. The van der Waals surface area contributed by atoms with Crippen LogP contribution in [0.5, 0.6) is 0 Å². The van der Waals surface area contributed by atoms with Crippen molar-refractivity contribution < 1.29 is 9.59 Å². The fraction of sp³-hybridized carbons (Fsp3) is 0.286. The number of urea groups is 1. The van der Waals surface area contributed by atoms with Gasteiger partial charge in [-0.25, -0.2) is 4.79 Å². The predicted octanol–water partition coefficient (Wildman–Crippen LogP) is 2.15. The number of rotatable bonds is 5. The molecular weight excluding hydrogens is 242 g/mol. The first-order valence-corrected chi connectivity index (χ1v) is 6.13. The SMILES string of the molecule is CC/C=C(\C)C(=O)NCc1cccc(NC(N)=O)c1. The normalized spacial score (nSPS) is 10.9. The number of amides is 3. The van der Waals surface area contributed by atoms with E-state index < -0.39 is 6.03 Å². The van der Waals surface area contributed by atoms with Crippen LogP contribution in [0.3, 0.4) is 0 Å². The van der Waals surface area contributed by atoms with Gasteiger partial charge < -0.3 is 16.4 Å². The molecule has 4 N–H and O–H groups in total. The van der Waals surface area contributed by atoms with E-state index in [2.05, 4.69) is 10.6 Å². The number of nitrogens with one attached hydrogen (secondary N) is 2. The second-order valence-electron chi connectivity index (χ2n) is 4.17. The first kappa shape index (κ1) is 14.8. The molecule has 0 fully saturated rings. The van der Waals surface area contributed by atoms with Crippen molar-refractivity contribution in [1.82, 2.24) is 5.32 Å². The standard InChI is InChI=1S/C14H19N3O2/c1-3-5-10(2)13(18)16-9-11-6-4-7-12(8-11)17-14(15)19/h4-8H,3,9H2,1-2H3,(H,16,18)(H3,15,17,19)/b10-5+. The molecule has 0 spiro atoms. The lowest BCUT2D eigenvalue weighted by atomic mass is 10.2. The van der Waals surface area contributed by atoms with E-state index in [9.17, 15) is 9.59 Å². The number of carbonyl (C=O) groups is 2. The van der Waals surface area contributed by atoms with E-state index in [1.807, 2.05) is 19.1 Å². The highest BCUT2D eigenvalue weighted by Crippen LogP contribution is 2.10. The van der Waals surface area contributed by atoms with Crippen LogP contribution in [0.2, 0.25) is 0 Å². The number of benzene rings is 1. The first-order valence-electron chi connectivity index (χ1n) is 6.13. The predicted molar refractivity (Wildman–Crippen MR) is 75.5 cm³/mol. The number of primary amides is 1. The fourth-order valence-electron chi connectivity index (χ4n) is 1.62. The third kappa shape index (κ3) is 5.25. The number of anilines is 1. The third-order valence-electron chi connectivity index (χ3n) is 2.52. The summed E-state index contributed by atoms with van der Waals surface area (Å²) in [6, 6.07) is 6.55. The van der Waals surface area contributed by atoms with Crippen molar-refractivity contribution in [3.05, 3.63) is 41.5 Å². The highest BCUT2D eigenvalue weighted by atomic mass is 16.2. The lowest BCUT2D eigenvalue weighted by molar-refractivity contribution is -0.117. The smallest absolute Gasteiger partial charge is 0.316 e. The zero-order chi connectivity index (χ0) is 14.3. The van der Waals surface area contributed by atoms with E-state index in [4.69, 9.17) is 5.73 Å². The van der Waals surface area contributed by atoms with Gasteiger partial charge in [-0.15, -0.1) is 0 Å². The van der Waals surface area contributed by atoms with Crippen molar-refractivity contribution in [3.8, 4) is 0 Å². The Labute approximate surface area is 112 Å². The molecule has 0 saturated carbocycles. The van der Waals surface area contributed by atoms with Gasteiger partial charge in [-0.05, 0) is 31.0 Å². The van der Waals surface area contributed by atoms with Gasteiger partial charge in [0, 0.05) is 17.8 Å². The molecule has 0 aliphatic rings. The van der Waals surface area contributed by atoms with E-state index in [1.165, 1.54) is 0 Å². The molecule has 0 aliphatic carbocycles. The van der Waals surface area contributed by atoms with Crippen LogP contribution in [-0.4, -0.2) is 11.9 Å². The molecule has 0 heterocycles. The molecule has 19 heavy (non-hydrogen) atoms. The molecule has 1 aromatic rings. The monoisotopic (exact) mass is 261 g/mol. The lowest BCUT2D eigenvalue weighted by Crippen LogP contribution is -2.23. The largest absolute Gasteiger partial charge is 0.351 e. The Hall–Kier alpha value is -2.30. The van der Waals surface area contributed by atoms with Crippen LogP contribution in [0.4, 0.5) is 10.5 Å². The average molecular weight is 261 g/mol. The summed E-state index contributed by atoms with van der Waals surface area (Å²) in [7, 11) is 0. The maximum atomic E-state index is 11.7. The summed E-state index contributed by atoms with van der Waals surface area (Å²) in [6.45, 7) is 4.17. The van der Waals surface area contributed by atoms with Gasteiger partial charge in [0.1, 0.15) is 0 Å². The van der Waals surface area contributed by atoms with Crippen molar-refractivity contribution >= 4 is 17.6 Å². The van der Waals surface area contributed by atoms with Crippen LogP contribution in [0, 0.1) is 0 Å². The van der Waals surface area contributed by atoms with Gasteiger partial charge in [-0.2, -0.15) is 0 Å². The van der Waals surface area contributed by atoms with E-state index in [0.717, 1.165) is 12.0 Å². The van der Waals surface area contributed by atoms with E-state index in [0.29, 0.717) is 17.8 Å². The summed E-state index contributed by atoms with van der Waals surface area (Å²) in [4.78, 5) is 22.4. The first-order chi connectivity index (χ1) is 9.02. The Bertz CT molecular complexity index is 495. The van der Waals surface area contributed by atoms with Crippen molar-refractivity contribution in [2.75, 3.05) is 5.32 Å². The second-order valence-corrected chi connectivity index (χ2v) is 4.17. The van der Waals surface area contributed by atoms with Crippen LogP contribution in [-0.2, 0) is 11.3 Å². The number of carbonyl (C=O) groups excluding carboxylic acids is 2. The van der Waals surface area contributed by atoms with Gasteiger partial charge in [-0.1, -0.05) is 25.1 Å². The number of hydrogen-bond donors (Lipinski definition) is 3. The molecule has 0 aliphatic heterocycles. The number of allylic oxidation sites excluding steroid dienone is 1. The zero-order valence-corrected chi connectivity index (χ0v) is 11.2. The molecule has 0 saturated heterocycles. The summed E-state index contributed by atoms with van der Waals surface area (Å²) in [5.41, 5.74) is 7.25. The summed E-state index contributed by atoms with van der Waals surface area (Å²) >= 11 is 0. The topological polar surface area (TPSA) is 84.2 Å². The molecular formula is C14H19N3O2. The molecule has 0 bridgehead atoms. The van der Waals surface area contributed by atoms with Gasteiger partial charge in [-0.3, -0.25) is 4.79 Å². The van der Waals surface area contributed by atoms with Crippen molar-refractivity contribution in [2.45, 2.75) is 26.8 Å². The molecule has 0 aromatic heterocycles. The van der Waals surface area contributed by atoms with Gasteiger partial charge in [0.05, 0.1) is 0 Å². The molecule has 102 valence electrons. The Morgan fingerprint density at radius 2 is 2.11 bits per heavy atom. The third-order valence-corrected chi connectivity index (χ3v) is 2.52. The minimum atomic E-state index is -0.608. The van der Waals surface area contributed by atoms with Crippen molar-refractivity contribution in [3.63, 3.8) is 0 Å². The molecule has 5 heteroatoms. The second kappa shape index (κ2) is 7.20. The van der Waals surface area contributed by atoms with E-state index in [-0.39, 0.29) is 5.91 Å². The van der Waals surface area contributed by atoms with Crippen LogP contribution >= 0.6 is 0 Å². The van der Waals surface area contributed by atoms with Crippen LogP contribution in [0.25, 0.3) is 0 Å². The fourth-order valence-corrected chi connectivity index (χ4v) is 1.62. The van der Waals surface area contributed by atoms with Gasteiger partial charge in [0.25, 0.3) is 0 Å². The summed E-state index contributed by atoms with van der Waals surface area (Å²) < 4.78 is 0. The average Bonchev–Trinajstić information content (AvgIpc) is 2.36. The molecule has 1 rings (SSSR count). The molecule has 5 nitrogen and oxygen atoms in total. The molecule has 3 amide bonds. The quantitative estimate of drug-likeness (QED) is 0.709. The van der Waals surface area contributed by atoms with Crippen LogP contribution < -0.4 is 16.4 Å². The maximum Gasteiger partial charge on any atom is 0.316 e. The van der Waals surface area contributed by atoms with Crippen molar-refractivity contribution in [1.29, 1.82) is 0 Å². The summed E-state index contributed by atoms with van der Waals surface area (Å²) in [6.07, 6.45) is 2.71. The number of nitrogens with two attached hydrogens (primary N) is 1. The summed E-state index contributed by atoms with van der Waals surface area (Å²) in [5, 5.41) is 5.30. The van der Waals surface area contributed by atoms with Gasteiger partial charge in [0.15, 0.2) is 0 Å². The lowest BCUT2D eigenvalue weighted by Gasteiger charge is -2.07. The van der Waals surface area contributed by atoms with Crippen LogP contribution in [0.15, 0.2) is 35.9 Å². The van der Waals surface area contributed by atoms with E-state index in [1.54, 1.807) is 25.1 Å². The summed E-state index contributed by atoms with van der Waals surface area (Å²) in [5.74, 6) is -0.0879. The Morgan fingerprint density at radius 3 is 2.74 bits per heavy atom. The molecule has 0 atom stereocenters. The zero-order valence-electron chi connectivity index (χ0n) is 11.2. The minimum Gasteiger partial charge on any atom is -0.351 e. The Balaban J connectivity index is 2.60. The van der Waals surface area contributed by atoms with Crippen molar-refractivity contribution in [2.24, 2.45) is 5.73 Å². The minimum absolute atomic E-state index is 0.0879.